The molecule has 4 aliphatic carbocycles. The third-order valence-corrected chi connectivity index (χ3v) is 6.74. The first kappa shape index (κ1) is 17.7. The van der Waals surface area contributed by atoms with Gasteiger partial charge in [-0.05, 0) is 55.4 Å². The van der Waals surface area contributed by atoms with Gasteiger partial charge in [0.05, 0.1) is 0 Å². The van der Waals surface area contributed by atoms with Gasteiger partial charge in [-0.25, -0.2) is 0 Å². The van der Waals surface area contributed by atoms with Crippen molar-refractivity contribution in [2.24, 2.45) is 22.7 Å². The van der Waals surface area contributed by atoms with E-state index in [1.165, 1.54) is 44.6 Å². The van der Waals surface area contributed by atoms with Crippen LogP contribution in [0.15, 0.2) is 83.0 Å². The fourth-order valence-electron chi connectivity index (χ4n) is 5.08. The van der Waals surface area contributed by atoms with Gasteiger partial charge in [0, 0.05) is 11.8 Å². The highest BCUT2D eigenvalue weighted by atomic mass is 14.5. The number of hydrogen-bond acceptors (Lipinski definition) is 0. The largest absolute Gasteiger partial charge is 0.0616 e. The molecule has 0 bridgehead atoms. The summed E-state index contributed by atoms with van der Waals surface area (Å²) in [6.07, 6.45) is 14.6. The third kappa shape index (κ3) is 2.50. The Hall–Kier alpha value is -2.34. The molecule has 5 rings (SSSR count). The molecule has 4 aliphatic rings. The predicted octanol–water partition coefficient (Wildman–Crippen LogP) is 7.54. The SMILES string of the molecule is CC(C)(C)C1=CC2=CC=C3C=C(C(C)(C)C)C=C4c5ccccc5C(=C1)[C@H]2[C@@H]34. The summed E-state index contributed by atoms with van der Waals surface area (Å²) in [4.78, 5) is 0. The van der Waals surface area contributed by atoms with Gasteiger partial charge in [-0.3, -0.25) is 0 Å². The smallest absolute Gasteiger partial charge is 0.0205 e. The minimum atomic E-state index is 0.153. The standard InChI is InChI=1S/C28H30/c1-27(2,3)19-13-17-11-12-18-14-20(28(4,5)6)16-24-22-10-8-7-9-21(22)23(15-19)25(17)26(18)24/h7-16,25-26H,1-6H3/t25-,26-/m0/s1. The maximum absolute atomic E-state index is 2.49. The molecule has 0 radical (unpaired) electrons. The summed E-state index contributed by atoms with van der Waals surface area (Å²) in [6.45, 7) is 13.9. The van der Waals surface area contributed by atoms with E-state index in [4.69, 9.17) is 0 Å². The average molecular weight is 367 g/mol. The van der Waals surface area contributed by atoms with Crippen molar-refractivity contribution in [1.82, 2.24) is 0 Å². The molecule has 142 valence electrons. The van der Waals surface area contributed by atoms with Crippen molar-refractivity contribution in [2.75, 3.05) is 0 Å². The molecule has 0 spiro atoms. The molecule has 0 heteroatoms. The lowest BCUT2D eigenvalue weighted by Crippen LogP contribution is -2.32. The zero-order chi connectivity index (χ0) is 19.8. The first-order chi connectivity index (χ1) is 13.1. The van der Waals surface area contributed by atoms with Crippen LogP contribution in [-0.4, -0.2) is 0 Å². The highest BCUT2D eigenvalue weighted by Gasteiger charge is 2.44. The van der Waals surface area contributed by atoms with Crippen molar-refractivity contribution in [3.05, 3.63) is 94.1 Å². The Bertz CT molecular complexity index is 975. The lowest BCUT2D eigenvalue weighted by molar-refractivity contribution is 0.504. The minimum absolute atomic E-state index is 0.153. The number of benzene rings is 1. The molecule has 0 unspecified atom stereocenters. The molecule has 0 heterocycles. The van der Waals surface area contributed by atoms with Crippen LogP contribution >= 0.6 is 0 Å². The summed E-state index contributed by atoms with van der Waals surface area (Å²) >= 11 is 0. The van der Waals surface area contributed by atoms with Crippen LogP contribution in [0, 0.1) is 22.7 Å². The molecule has 0 saturated heterocycles. The fraction of sp³-hybridized carbons (Fsp3) is 0.357. The Morgan fingerprint density at radius 3 is 1.32 bits per heavy atom. The van der Waals surface area contributed by atoms with E-state index >= 15 is 0 Å². The summed E-state index contributed by atoms with van der Waals surface area (Å²) in [5, 5.41) is 0. The molecular weight excluding hydrogens is 336 g/mol. The Morgan fingerprint density at radius 1 is 0.571 bits per heavy atom. The van der Waals surface area contributed by atoms with E-state index in [-0.39, 0.29) is 10.8 Å². The van der Waals surface area contributed by atoms with E-state index in [1.54, 1.807) is 0 Å². The summed E-state index contributed by atoms with van der Waals surface area (Å²) < 4.78 is 0. The van der Waals surface area contributed by atoms with Crippen molar-refractivity contribution in [3.63, 3.8) is 0 Å². The normalized spacial score (nSPS) is 25.4. The van der Waals surface area contributed by atoms with Gasteiger partial charge in [-0.15, -0.1) is 0 Å². The highest BCUT2D eigenvalue weighted by Crippen LogP contribution is 2.58. The molecule has 0 amide bonds. The molecule has 2 atom stereocenters. The number of rotatable bonds is 0. The van der Waals surface area contributed by atoms with Crippen molar-refractivity contribution in [2.45, 2.75) is 41.5 Å². The number of fused-ring (bicyclic) bond motifs is 3. The Balaban J connectivity index is 1.82. The van der Waals surface area contributed by atoms with Crippen LogP contribution in [0.4, 0.5) is 0 Å². The van der Waals surface area contributed by atoms with Crippen LogP contribution in [0.5, 0.6) is 0 Å². The second kappa shape index (κ2) is 5.60. The van der Waals surface area contributed by atoms with Gasteiger partial charge in [0.25, 0.3) is 0 Å². The number of allylic oxidation sites excluding steroid dienone is 12. The molecule has 0 aliphatic heterocycles. The van der Waals surface area contributed by atoms with E-state index in [1.807, 2.05) is 0 Å². The average Bonchev–Trinajstić information content (AvgIpc) is 2.64. The van der Waals surface area contributed by atoms with Crippen molar-refractivity contribution in [1.29, 1.82) is 0 Å². The van der Waals surface area contributed by atoms with Crippen LogP contribution in [0.1, 0.15) is 52.7 Å². The lowest BCUT2D eigenvalue weighted by Gasteiger charge is -2.46. The molecule has 0 N–H and O–H groups in total. The zero-order valence-electron chi connectivity index (χ0n) is 17.9. The summed E-state index contributed by atoms with van der Waals surface area (Å²) in [7, 11) is 0. The molecule has 0 fully saturated rings. The van der Waals surface area contributed by atoms with Gasteiger partial charge in [0.2, 0.25) is 0 Å². The third-order valence-electron chi connectivity index (χ3n) is 6.74. The quantitative estimate of drug-likeness (QED) is 0.445. The van der Waals surface area contributed by atoms with E-state index in [9.17, 15) is 0 Å². The summed E-state index contributed by atoms with van der Waals surface area (Å²) in [5.41, 5.74) is 12.0. The molecule has 0 aromatic heterocycles. The Morgan fingerprint density at radius 2 is 0.964 bits per heavy atom. The van der Waals surface area contributed by atoms with Gasteiger partial charge < -0.3 is 0 Å². The van der Waals surface area contributed by atoms with Crippen LogP contribution < -0.4 is 0 Å². The number of hydrogen-bond donors (Lipinski definition) is 0. The van der Waals surface area contributed by atoms with Crippen LogP contribution in [0.3, 0.4) is 0 Å². The topological polar surface area (TPSA) is 0 Å². The van der Waals surface area contributed by atoms with Gasteiger partial charge in [-0.2, -0.15) is 0 Å². The van der Waals surface area contributed by atoms with Gasteiger partial charge in [0.15, 0.2) is 0 Å². The van der Waals surface area contributed by atoms with Gasteiger partial charge >= 0.3 is 0 Å². The molecule has 1 aromatic carbocycles. The Kier molecular flexibility index (Phi) is 3.55. The van der Waals surface area contributed by atoms with Gasteiger partial charge in [-0.1, -0.05) is 102 Å². The molecule has 28 heavy (non-hydrogen) atoms. The van der Waals surface area contributed by atoms with Crippen molar-refractivity contribution >= 4 is 11.1 Å². The summed E-state index contributed by atoms with van der Waals surface area (Å²) in [6, 6.07) is 9.05. The monoisotopic (exact) mass is 366 g/mol. The van der Waals surface area contributed by atoms with E-state index in [2.05, 4.69) is 102 Å². The second-order valence-electron chi connectivity index (χ2n) is 10.7. The Labute approximate surface area is 169 Å². The molecule has 1 aromatic rings. The second-order valence-corrected chi connectivity index (χ2v) is 10.7. The molecular formula is C28H30. The van der Waals surface area contributed by atoms with Crippen LogP contribution in [0.25, 0.3) is 11.1 Å². The highest BCUT2D eigenvalue weighted by molar-refractivity contribution is 5.94. The van der Waals surface area contributed by atoms with Crippen molar-refractivity contribution in [3.8, 4) is 0 Å². The summed E-state index contributed by atoms with van der Waals surface area (Å²) in [5.74, 6) is 0.898. The predicted molar refractivity (Wildman–Crippen MR) is 121 cm³/mol. The molecule has 0 saturated carbocycles. The van der Waals surface area contributed by atoms with Gasteiger partial charge in [0.1, 0.15) is 0 Å². The van der Waals surface area contributed by atoms with Crippen molar-refractivity contribution < 1.29 is 0 Å². The van der Waals surface area contributed by atoms with E-state index in [0.717, 1.165) is 0 Å². The van der Waals surface area contributed by atoms with E-state index < -0.39 is 0 Å². The molecule has 0 nitrogen and oxygen atoms in total. The van der Waals surface area contributed by atoms with Crippen LogP contribution in [0.2, 0.25) is 0 Å². The lowest BCUT2D eigenvalue weighted by atomic mass is 9.58. The zero-order valence-corrected chi connectivity index (χ0v) is 17.9. The van der Waals surface area contributed by atoms with E-state index in [0.29, 0.717) is 11.8 Å². The maximum Gasteiger partial charge on any atom is 0.0205 e. The minimum Gasteiger partial charge on any atom is -0.0616 e. The fourth-order valence-corrected chi connectivity index (χ4v) is 5.08. The first-order valence-corrected chi connectivity index (χ1v) is 10.5. The van der Waals surface area contributed by atoms with Crippen LogP contribution in [-0.2, 0) is 0 Å². The maximum atomic E-state index is 2.49. The first-order valence-electron chi connectivity index (χ1n) is 10.5.